The number of carbonyl (C=O) groups is 2. The average molecular weight is 387 g/mol. The van der Waals surface area contributed by atoms with Gasteiger partial charge >= 0.3 is 5.97 Å². The van der Waals surface area contributed by atoms with Crippen molar-refractivity contribution in [2.24, 2.45) is 0 Å². The summed E-state index contributed by atoms with van der Waals surface area (Å²) in [6.07, 6.45) is -0.0330. The van der Waals surface area contributed by atoms with E-state index in [-0.39, 0.29) is 18.9 Å². The molecule has 1 amide bonds. The summed E-state index contributed by atoms with van der Waals surface area (Å²) in [7, 11) is 0. The van der Waals surface area contributed by atoms with Gasteiger partial charge in [0.1, 0.15) is 5.52 Å². The number of nitrogens with zero attached hydrogens (tertiary/aromatic N) is 1. The fourth-order valence-corrected chi connectivity index (χ4v) is 3.13. The van der Waals surface area contributed by atoms with Crippen molar-refractivity contribution in [3.8, 4) is 0 Å². The summed E-state index contributed by atoms with van der Waals surface area (Å²) in [5.41, 5.74) is 1.98. The largest absolute Gasteiger partial charge is 0.466 e. The Hall–Kier alpha value is -2.86. The number of halogens is 1. The lowest BCUT2D eigenvalue weighted by molar-refractivity contribution is -0.143. The maximum atomic E-state index is 12.9. The van der Waals surface area contributed by atoms with Crippen molar-refractivity contribution in [1.82, 2.24) is 10.3 Å². The van der Waals surface area contributed by atoms with E-state index in [0.29, 0.717) is 33.1 Å². The summed E-state index contributed by atoms with van der Waals surface area (Å²) in [5.74, 6) is -0.332. The van der Waals surface area contributed by atoms with E-state index in [4.69, 9.17) is 20.8 Å². The number of rotatable bonds is 6. The van der Waals surface area contributed by atoms with Gasteiger partial charge in [-0.3, -0.25) is 9.59 Å². The minimum Gasteiger partial charge on any atom is -0.466 e. The van der Waals surface area contributed by atoms with Gasteiger partial charge in [-0.05, 0) is 30.7 Å². The number of aryl methyl sites for hydroxylation is 1. The molecule has 0 spiro atoms. The first-order valence-electron chi connectivity index (χ1n) is 8.56. The van der Waals surface area contributed by atoms with E-state index in [1.807, 2.05) is 0 Å². The van der Waals surface area contributed by atoms with E-state index in [2.05, 4.69) is 10.3 Å². The standard InChI is InChI=1S/C20H19ClN2O4/c1-3-26-18(24)11-17(13-7-4-5-9-15(13)21)23-20(25)14-8-6-10-16-19(14)27-12(2)22-16/h4-10,17H,3,11H2,1-2H3,(H,23,25). The van der Waals surface area contributed by atoms with Crippen LogP contribution in [-0.2, 0) is 9.53 Å². The summed E-state index contributed by atoms with van der Waals surface area (Å²) in [6, 6.07) is 11.6. The number of para-hydroxylation sites is 1. The molecule has 0 aliphatic heterocycles. The quantitative estimate of drug-likeness (QED) is 0.641. The van der Waals surface area contributed by atoms with Crippen LogP contribution in [0.2, 0.25) is 5.02 Å². The van der Waals surface area contributed by atoms with Crippen LogP contribution in [0.4, 0.5) is 0 Å². The number of oxazole rings is 1. The third kappa shape index (κ3) is 4.28. The van der Waals surface area contributed by atoms with E-state index >= 15 is 0 Å². The molecule has 6 nitrogen and oxygen atoms in total. The highest BCUT2D eigenvalue weighted by atomic mass is 35.5. The zero-order valence-corrected chi connectivity index (χ0v) is 15.7. The molecule has 1 atom stereocenters. The monoisotopic (exact) mass is 386 g/mol. The molecule has 2 aromatic carbocycles. The van der Waals surface area contributed by atoms with Gasteiger partial charge in [-0.1, -0.05) is 35.9 Å². The number of fused-ring (bicyclic) bond motifs is 1. The Morgan fingerprint density at radius 3 is 2.74 bits per heavy atom. The summed E-state index contributed by atoms with van der Waals surface area (Å²) in [6.45, 7) is 3.71. The number of esters is 1. The average Bonchev–Trinajstić information content (AvgIpc) is 3.01. The number of hydrogen-bond acceptors (Lipinski definition) is 5. The smallest absolute Gasteiger partial charge is 0.308 e. The topological polar surface area (TPSA) is 81.4 Å². The fourth-order valence-electron chi connectivity index (χ4n) is 2.86. The lowest BCUT2D eigenvalue weighted by Gasteiger charge is -2.19. The first kappa shape index (κ1) is 18.9. The molecule has 1 heterocycles. The second-order valence-corrected chi connectivity index (χ2v) is 6.35. The van der Waals surface area contributed by atoms with Crippen LogP contribution < -0.4 is 5.32 Å². The molecule has 0 saturated heterocycles. The second kappa shape index (κ2) is 8.22. The van der Waals surface area contributed by atoms with Gasteiger partial charge in [-0.25, -0.2) is 4.98 Å². The van der Waals surface area contributed by atoms with Crippen molar-refractivity contribution in [3.63, 3.8) is 0 Å². The van der Waals surface area contributed by atoms with Gasteiger partial charge in [0.05, 0.1) is 24.6 Å². The normalized spacial score (nSPS) is 12.0. The predicted octanol–water partition coefficient (Wildman–Crippen LogP) is 4.21. The van der Waals surface area contributed by atoms with Crippen molar-refractivity contribution < 1.29 is 18.7 Å². The van der Waals surface area contributed by atoms with Crippen molar-refractivity contribution >= 4 is 34.6 Å². The zero-order chi connectivity index (χ0) is 19.4. The third-order valence-electron chi connectivity index (χ3n) is 4.03. The zero-order valence-electron chi connectivity index (χ0n) is 15.0. The van der Waals surface area contributed by atoms with Crippen LogP contribution >= 0.6 is 11.6 Å². The van der Waals surface area contributed by atoms with Crippen LogP contribution in [0.5, 0.6) is 0 Å². The molecule has 7 heteroatoms. The van der Waals surface area contributed by atoms with Gasteiger partial charge in [-0.15, -0.1) is 0 Å². The Morgan fingerprint density at radius 2 is 2.00 bits per heavy atom. The molecular weight excluding hydrogens is 368 g/mol. The number of benzene rings is 2. The lowest BCUT2D eigenvalue weighted by Crippen LogP contribution is -2.31. The van der Waals surface area contributed by atoms with Gasteiger partial charge in [0.15, 0.2) is 11.5 Å². The molecule has 0 radical (unpaired) electrons. The van der Waals surface area contributed by atoms with E-state index in [9.17, 15) is 9.59 Å². The van der Waals surface area contributed by atoms with Crippen LogP contribution in [0.25, 0.3) is 11.1 Å². The summed E-state index contributed by atoms with van der Waals surface area (Å²) >= 11 is 6.28. The van der Waals surface area contributed by atoms with E-state index < -0.39 is 12.0 Å². The molecule has 140 valence electrons. The number of nitrogens with one attached hydrogen (secondary N) is 1. The summed E-state index contributed by atoms with van der Waals surface area (Å²) in [5, 5.41) is 3.33. The minimum atomic E-state index is -0.635. The number of aromatic nitrogens is 1. The van der Waals surface area contributed by atoms with E-state index in [1.165, 1.54) is 0 Å². The van der Waals surface area contributed by atoms with Crippen LogP contribution in [0, 0.1) is 6.92 Å². The van der Waals surface area contributed by atoms with Crippen molar-refractivity contribution in [2.45, 2.75) is 26.3 Å². The fraction of sp³-hybridized carbons (Fsp3) is 0.250. The molecule has 1 unspecified atom stereocenters. The highest BCUT2D eigenvalue weighted by Crippen LogP contribution is 2.27. The number of hydrogen-bond donors (Lipinski definition) is 1. The Kier molecular flexibility index (Phi) is 5.76. The van der Waals surface area contributed by atoms with Crippen molar-refractivity contribution in [3.05, 3.63) is 64.5 Å². The SMILES string of the molecule is CCOC(=O)CC(NC(=O)c1cccc2nc(C)oc12)c1ccccc1Cl. The Balaban J connectivity index is 1.92. The van der Waals surface area contributed by atoms with Crippen molar-refractivity contribution in [1.29, 1.82) is 0 Å². The van der Waals surface area contributed by atoms with Crippen LogP contribution in [0.15, 0.2) is 46.9 Å². The Morgan fingerprint density at radius 1 is 1.22 bits per heavy atom. The minimum absolute atomic E-state index is 0.0330. The summed E-state index contributed by atoms with van der Waals surface area (Å²) in [4.78, 5) is 29.2. The molecule has 1 aromatic heterocycles. The van der Waals surface area contributed by atoms with Gasteiger partial charge < -0.3 is 14.5 Å². The molecule has 0 bridgehead atoms. The maximum absolute atomic E-state index is 12.9. The van der Waals surface area contributed by atoms with E-state index in [0.717, 1.165) is 0 Å². The highest BCUT2D eigenvalue weighted by molar-refractivity contribution is 6.31. The number of amides is 1. The molecular formula is C20H19ClN2O4. The molecule has 27 heavy (non-hydrogen) atoms. The Labute approximate surface area is 161 Å². The van der Waals surface area contributed by atoms with Gasteiger partial charge in [0.25, 0.3) is 5.91 Å². The van der Waals surface area contributed by atoms with Crippen LogP contribution in [0.1, 0.15) is 41.2 Å². The van der Waals surface area contributed by atoms with Crippen LogP contribution in [-0.4, -0.2) is 23.5 Å². The molecule has 0 aliphatic carbocycles. The molecule has 1 N–H and O–H groups in total. The molecule has 0 aliphatic rings. The molecule has 0 saturated carbocycles. The summed E-state index contributed by atoms with van der Waals surface area (Å²) < 4.78 is 10.6. The molecule has 3 aromatic rings. The first-order chi connectivity index (χ1) is 13.0. The maximum Gasteiger partial charge on any atom is 0.308 e. The number of ether oxygens (including phenoxy) is 1. The van der Waals surface area contributed by atoms with Crippen molar-refractivity contribution in [2.75, 3.05) is 6.61 Å². The number of carbonyl (C=O) groups excluding carboxylic acids is 2. The molecule has 3 rings (SSSR count). The third-order valence-corrected chi connectivity index (χ3v) is 4.37. The van der Waals surface area contributed by atoms with E-state index in [1.54, 1.807) is 56.3 Å². The first-order valence-corrected chi connectivity index (χ1v) is 8.94. The van der Waals surface area contributed by atoms with Gasteiger partial charge in [-0.2, -0.15) is 0 Å². The second-order valence-electron chi connectivity index (χ2n) is 5.94. The highest BCUT2D eigenvalue weighted by Gasteiger charge is 2.23. The van der Waals surface area contributed by atoms with Gasteiger partial charge in [0.2, 0.25) is 0 Å². The lowest BCUT2D eigenvalue weighted by atomic mass is 10.0. The van der Waals surface area contributed by atoms with Gasteiger partial charge in [0, 0.05) is 11.9 Å². The molecule has 0 fully saturated rings. The van der Waals surface area contributed by atoms with Crippen LogP contribution in [0.3, 0.4) is 0 Å². The predicted molar refractivity (Wildman–Crippen MR) is 102 cm³/mol. The Bertz CT molecular complexity index is 983.